The van der Waals surface area contributed by atoms with Crippen LogP contribution in [0.1, 0.15) is 0 Å². The summed E-state index contributed by atoms with van der Waals surface area (Å²) >= 11 is 0. The standard InChI is InChI=1S/C4H10N3O5P.2Na/c1-7(2-3(8)9)4(5)6-13(10,11)12;;/h2H2,1H3,(H,8,9)(H4,5,6,10,11,12);;. The van der Waals surface area contributed by atoms with Gasteiger partial charge in [0.1, 0.15) is 6.54 Å². The van der Waals surface area contributed by atoms with Crippen LogP contribution >= 0.6 is 7.75 Å². The van der Waals surface area contributed by atoms with Crippen LogP contribution in [0.2, 0.25) is 0 Å². The van der Waals surface area contributed by atoms with E-state index in [1.54, 1.807) is 0 Å². The van der Waals surface area contributed by atoms with E-state index in [1.807, 2.05) is 0 Å². The second-order valence-corrected chi connectivity index (χ2v) is 3.45. The molecular weight excluding hydrogens is 247 g/mol. The molecule has 0 spiro atoms. The Morgan fingerprint density at radius 1 is 1.47 bits per heavy atom. The van der Waals surface area contributed by atoms with E-state index in [0.717, 1.165) is 4.90 Å². The van der Waals surface area contributed by atoms with Crippen molar-refractivity contribution in [3.8, 4) is 0 Å². The maximum atomic E-state index is 10.3. The first-order valence-electron chi connectivity index (χ1n) is 3.06. The van der Waals surface area contributed by atoms with Crippen molar-refractivity contribution in [2.45, 2.75) is 0 Å². The van der Waals surface area contributed by atoms with Gasteiger partial charge in [-0.3, -0.25) is 4.79 Å². The summed E-state index contributed by atoms with van der Waals surface area (Å²) in [5, 5.41) is 8.28. The van der Waals surface area contributed by atoms with Crippen LogP contribution in [-0.2, 0) is 9.36 Å². The molecule has 0 atom stereocenters. The van der Waals surface area contributed by atoms with E-state index in [0.29, 0.717) is 0 Å². The number of hydrogen-bond acceptors (Lipinski definition) is 2. The van der Waals surface area contributed by atoms with Crippen molar-refractivity contribution >= 4 is 78.8 Å². The molecule has 0 aliphatic heterocycles. The molecule has 78 valence electrons. The van der Waals surface area contributed by atoms with Crippen molar-refractivity contribution in [3.63, 3.8) is 0 Å². The second kappa shape index (κ2) is 8.98. The third kappa shape index (κ3) is 12.8. The molecule has 15 heavy (non-hydrogen) atoms. The van der Waals surface area contributed by atoms with E-state index < -0.39 is 26.2 Å². The van der Waals surface area contributed by atoms with Crippen LogP contribution < -0.4 is 5.73 Å². The van der Waals surface area contributed by atoms with E-state index in [4.69, 9.17) is 20.6 Å². The van der Waals surface area contributed by atoms with E-state index in [1.165, 1.54) is 7.05 Å². The van der Waals surface area contributed by atoms with Crippen LogP contribution in [0.3, 0.4) is 0 Å². The number of likely N-dealkylation sites (N-methyl/N-ethyl adjacent to an activating group) is 1. The maximum Gasteiger partial charge on any atom is 0.451 e. The van der Waals surface area contributed by atoms with Gasteiger partial charge in [0.2, 0.25) is 5.96 Å². The Morgan fingerprint density at radius 2 is 1.87 bits per heavy atom. The molecule has 0 heterocycles. The van der Waals surface area contributed by atoms with Crippen LogP contribution in [0.25, 0.3) is 0 Å². The molecule has 0 aromatic carbocycles. The third-order valence-corrected chi connectivity index (χ3v) is 1.46. The van der Waals surface area contributed by atoms with Crippen LogP contribution in [0.15, 0.2) is 4.76 Å². The summed E-state index contributed by atoms with van der Waals surface area (Å²) in [5.41, 5.74) is 5.07. The average molecular weight is 257 g/mol. The first-order chi connectivity index (χ1) is 5.72. The van der Waals surface area contributed by atoms with Gasteiger partial charge in [0.15, 0.2) is 0 Å². The predicted octanol–water partition coefficient (Wildman–Crippen LogP) is -2.35. The molecule has 2 radical (unpaired) electrons. The van der Waals surface area contributed by atoms with E-state index in [-0.39, 0.29) is 59.1 Å². The minimum Gasteiger partial charge on any atom is -0.480 e. The molecule has 0 aliphatic rings. The summed E-state index contributed by atoms with van der Waals surface area (Å²) in [5.74, 6) is -1.69. The third-order valence-electron chi connectivity index (χ3n) is 0.996. The fourth-order valence-corrected chi connectivity index (χ4v) is 0.913. The van der Waals surface area contributed by atoms with Crippen molar-refractivity contribution in [2.24, 2.45) is 10.5 Å². The molecule has 8 nitrogen and oxygen atoms in total. The number of nitrogens with zero attached hydrogens (tertiary/aromatic N) is 2. The Hall–Kier alpha value is 0.890. The van der Waals surface area contributed by atoms with Crippen LogP contribution in [0, 0.1) is 0 Å². The smallest absolute Gasteiger partial charge is 0.451 e. The maximum absolute atomic E-state index is 10.3. The molecule has 0 aliphatic carbocycles. The number of carboxylic acids is 1. The SMILES string of the molecule is CN(CC(=O)O)C(N)=NP(=O)(O)O.[Na].[Na]. The summed E-state index contributed by atoms with van der Waals surface area (Å²) in [6.07, 6.45) is 0. The van der Waals surface area contributed by atoms with Gasteiger partial charge in [-0.05, 0) is 0 Å². The van der Waals surface area contributed by atoms with Gasteiger partial charge >= 0.3 is 13.7 Å². The van der Waals surface area contributed by atoms with Gasteiger partial charge in [0.25, 0.3) is 0 Å². The molecule has 0 aromatic heterocycles. The first-order valence-corrected chi connectivity index (χ1v) is 4.63. The Labute approximate surface area is 131 Å². The first kappa shape index (κ1) is 21.2. The zero-order chi connectivity index (χ0) is 10.6. The average Bonchev–Trinajstić information content (AvgIpc) is 1.81. The number of guanidine groups is 1. The molecule has 5 N–H and O–H groups in total. The quantitative estimate of drug-likeness (QED) is 0.192. The number of carboxylic acid groups (broad SMARTS) is 1. The normalized spacial score (nSPS) is 11.0. The Bertz CT molecular complexity index is 279. The minimum atomic E-state index is -4.59. The number of aliphatic carboxylic acids is 1. The summed E-state index contributed by atoms with van der Waals surface area (Å²) in [4.78, 5) is 27.7. The number of rotatable bonds is 3. The zero-order valence-corrected chi connectivity index (χ0v) is 13.7. The van der Waals surface area contributed by atoms with E-state index >= 15 is 0 Å². The number of carbonyl (C=O) groups is 1. The molecule has 11 heteroatoms. The van der Waals surface area contributed by atoms with Crippen LogP contribution in [-0.4, -0.2) is 104 Å². The molecule has 0 rings (SSSR count). The van der Waals surface area contributed by atoms with E-state index in [2.05, 4.69) is 4.76 Å². The monoisotopic (exact) mass is 257 g/mol. The molecule has 0 unspecified atom stereocenters. The molecule has 0 bridgehead atoms. The molecule has 0 saturated heterocycles. The molecule has 0 aromatic rings. The summed E-state index contributed by atoms with van der Waals surface area (Å²) in [7, 11) is -3.34. The topological polar surface area (TPSA) is 136 Å². The fourth-order valence-electron chi connectivity index (χ4n) is 0.494. The van der Waals surface area contributed by atoms with Gasteiger partial charge in [-0.15, -0.1) is 4.76 Å². The molecule has 0 amide bonds. The van der Waals surface area contributed by atoms with Gasteiger partial charge in [0.05, 0.1) is 0 Å². The largest absolute Gasteiger partial charge is 0.480 e. The van der Waals surface area contributed by atoms with Crippen molar-refractivity contribution in [1.82, 2.24) is 4.90 Å². The van der Waals surface area contributed by atoms with Crippen molar-refractivity contribution in [3.05, 3.63) is 0 Å². The van der Waals surface area contributed by atoms with Gasteiger partial charge in [-0.2, -0.15) is 0 Å². The fraction of sp³-hybridized carbons (Fsp3) is 0.500. The summed E-state index contributed by atoms with van der Waals surface area (Å²) in [6.45, 7) is -0.477. The summed E-state index contributed by atoms with van der Waals surface area (Å²) < 4.78 is 13.1. The zero-order valence-electron chi connectivity index (χ0n) is 8.78. The Balaban J connectivity index is -0.000000720. The second-order valence-electron chi connectivity index (χ2n) is 2.22. The Morgan fingerprint density at radius 3 is 2.13 bits per heavy atom. The van der Waals surface area contributed by atoms with Crippen molar-refractivity contribution in [2.75, 3.05) is 13.6 Å². The molecular formula is C4H10N3Na2O5P. The molecule has 0 fully saturated rings. The van der Waals surface area contributed by atoms with Crippen LogP contribution in [0.4, 0.5) is 0 Å². The van der Waals surface area contributed by atoms with Gasteiger partial charge < -0.3 is 25.5 Å². The van der Waals surface area contributed by atoms with Gasteiger partial charge in [-0.25, -0.2) is 4.57 Å². The van der Waals surface area contributed by atoms with Crippen LogP contribution in [0.5, 0.6) is 0 Å². The number of nitrogens with two attached hydrogens (primary N) is 1. The minimum absolute atomic E-state index is 0. The summed E-state index contributed by atoms with van der Waals surface area (Å²) in [6, 6.07) is 0. The number of hydrogen-bond donors (Lipinski definition) is 4. The van der Waals surface area contributed by atoms with Gasteiger partial charge in [0, 0.05) is 66.2 Å². The van der Waals surface area contributed by atoms with Crippen molar-refractivity contribution in [1.29, 1.82) is 0 Å². The molecule has 0 saturated carbocycles. The Kier molecular flexibility index (Phi) is 12.7. The van der Waals surface area contributed by atoms with Crippen molar-refractivity contribution < 1.29 is 24.3 Å². The van der Waals surface area contributed by atoms with Gasteiger partial charge in [-0.1, -0.05) is 0 Å². The van der Waals surface area contributed by atoms with E-state index in [9.17, 15) is 9.36 Å². The predicted molar refractivity (Wildman–Crippen MR) is 55.4 cm³/mol.